The van der Waals surface area contributed by atoms with E-state index >= 15 is 0 Å². The van der Waals surface area contributed by atoms with Gasteiger partial charge < -0.3 is 20.3 Å². The van der Waals surface area contributed by atoms with Crippen LogP contribution in [0.5, 0.6) is 5.75 Å². The van der Waals surface area contributed by atoms with Crippen molar-refractivity contribution in [1.29, 1.82) is 0 Å². The lowest BCUT2D eigenvalue weighted by Crippen LogP contribution is -2.41. The van der Waals surface area contributed by atoms with Crippen LogP contribution in [0.1, 0.15) is 15.9 Å². The number of aromatic nitrogens is 3. The van der Waals surface area contributed by atoms with Crippen molar-refractivity contribution in [2.45, 2.75) is 12.6 Å². The molecule has 0 aliphatic carbocycles. The molecule has 3 aromatic rings. The van der Waals surface area contributed by atoms with Crippen LogP contribution in [-0.4, -0.2) is 58.7 Å². The van der Waals surface area contributed by atoms with E-state index in [0.717, 1.165) is 0 Å². The zero-order valence-corrected chi connectivity index (χ0v) is 15.6. The molecule has 2 N–H and O–H groups in total. The second-order valence-electron chi connectivity index (χ2n) is 6.96. The van der Waals surface area contributed by atoms with Crippen LogP contribution in [0.3, 0.4) is 0 Å². The van der Waals surface area contributed by atoms with Crippen molar-refractivity contribution in [1.82, 2.24) is 24.8 Å². The Kier molecular flexibility index (Phi) is 4.82. The minimum Gasteiger partial charge on any atom is -0.487 e. The topological polar surface area (TPSA) is 83.8 Å². The lowest BCUT2D eigenvalue weighted by atomic mass is 10.2. The van der Waals surface area contributed by atoms with Gasteiger partial charge in [-0.15, -0.1) is 0 Å². The van der Waals surface area contributed by atoms with E-state index in [1.165, 1.54) is 18.3 Å². The standard InChI is InChI=1S/C19H21FN6O2/c1-25(2)11-14-9-22-19(27)15-10-23-26-6-5-17(24-18(15)26)21-8-12-7-13(20)3-4-16(12)28-14/h3-7,10,14H,8-9,11H2,1-2H3,(H,21,24)(H,22,27). The number of anilines is 1. The summed E-state index contributed by atoms with van der Waals surface area (Å²) in [5.41, 5.74) is 1.51. The van der Waals surface area contributed by atoms with Gasteiger partial charge in [0.15, 0.2) is 5.65 Å². The normalized spacial score (nSPS) is 17.1. The van der Waals surface area contributed by atoms with E-state index in [9.17, 15) is 9.18 Å². The number of ether oxygens (including phenoxy) is 1. The molecule has 1 aliphatic rings. The number of nitrogens with one attached hydrogen (secondary N) is 2. The number of hydrogen-bond donors (Lipinski definition) is 2. The van der Waals surface area contributed by atoms with E-state index in [-0.39, 0.29) is 24.4 Å². The third kappa shape index (κ3) is 3.74. The maximum Gasteiger partial charge on any atom is 0.256 e. The van der Waals surface area contributed by atoms with Crippen LogP contribution in [0, 0.1) is 5.82 Å². The van der Waals surface area contributed by atoms with Gasteiger partial charge in [-0.3, -0.25) is 4.79 Å². The van der Waals surface area contributed by atoms with Crippen molar-refractivity contribution in [2.75, 3.05) is 32.5 Å². The number of amides is 1. The molecule has 0 spiro atoms. The highest BCUT2D eigenvalue weighted by Gasteiger charge is 2.20. The summed E-state index contributed by atoms with van der Waals surface area (Å²) in [5.74, 6) is 0.512. The summed E-state index contributed by atoms with van der Waals surface area (Å²) in [6.45, 7) is 1.20. The molecule has 3 heterocycles. The highest BCUT2D eigenvalue weighted by atomic mass is 19.1. The highest BCUT2D eigenvalue weighted by Crippen LogP contribution is 2.23. The first-order chi connectivity index (χ1) is 13.5. The van der Waals surface area contributed by atoms with Crippen LogP contribution in [0.4, 0.5) is 10.2 Å². The van der Waals surface area contributed by atoms with Gasteiger partial charge in [0, 0.05) is 24.8 Å². The number of likely N-dealkylation sites (N-methyl/N-ethyl adjacent to an activating group) is 1. The quantitative estimate of drug-likeness (QED) is 0.697. The maximum absolute atomic E-state index is 13.8. The van der Waals surface area contributed by atoms with Crippen LogP contribution in [0.2, 0.25) is 0 Å². The van der Waals surface area contributed by atoms with Crippen molar-refractivity contribution >= 4 is 17.4 Å². The zero-order chi connectivity index (χ0) is 19.7. The van der Waals surface area contributed by atoms with E-state index < -0.39 is 0 Å². The third-order valence-electron chi connectivity index (χ3n) is 4.45. The van der Waals surface area contributed by atoms with Crippen molar-refractivity contribution < 1.29 is 13.9 Å². The van der Waals surface area contributed by atoms with Gasteiger partial charge in [0.2, 0.25) is 0 Å². The number of nitrogens with zero attached hydrogens (tertiary/aromatic N) is 4. The van der Waals surface area contributed by atoms with E-state index in [4.69, 9.17) is 4.74 Å². The molecule has 1 unspecified atom stereocenters. The molecule has 8 nitrogen and oxygen atoms in total. The Morgan fingerprint density at radius 2 is 2.18 bits per heavy atom. The van der Waals surface area contributed by atoms with E-state index in [0.29, 0.717) is 41.4 Å². The summed E-state index contributed by atoms with van der Waals surface area (Å²) < 4.78 is 21.5. The van der Waals surface area contributed by atoms with Gasteiger partial charge in [-0.05, 0) is 38.4 Å². The summed E-state index contributed by atoms with van der Waals surface area (Å²) in [5, 5.41) is 10.2. The van der Waals surface area contributed by atoms with Crippen LogP contribution < -0.4 is 15.4 Å². The first-order valence-corrected chi connectivity index (χ1v) is 8.96. The van der Waals surface area contributed by atoms with Gasteiger partial charge >= 0.3 is 0 Å². The zero-order valence-electron chi connectivity index (χ0n) is 15.6. The Morgan fingerprint density at radius 1 is 1.32 bits per heavy atom. The molecule has 0 radical (unpaired) electrons. The molecule has 0 saturated heterocycles. The highest BCUT2D eigenvalue weighted by molar-refractivity contribution is 5.99. The summed E-state index contributed by atoms with van der Waals surface area (Å²) in [6, 6.07) is 6.17. The molecule has 0 saturated carbocycles. The van der Waals surface area contributed by atoms with Crippen LogP contribution >= 0.6 is 0 Å². The fourth-order valence-electron chi connectivity index (χ4n) is 3.15. The number of halogens is 1. The average molecular weight is 384 g/mol. The average Bonchev–Trinajstić information content (AvgIpc) is 3.08. The van der Waals surface area contributed by atoms with Crippen LogP contribution in [0.25, 0.3) is 5.65 Å². The minimum atomic E-state index is -0.340. The summed E-state index contributed by atoms with van der Waals surface area (Å²) in [4.78, 5) is 19.1. The van der Waals surface area contributed by atoms with Crippen molar-refractivity contribution in [2.24, 2.45) is 0 Å². The Labute approximate surface area is 161 Å². The van der Waals surface area contributed by atoms with Crippen LogP contribution in [-0.2, 0) is 6.54 Å². The smallest absolute Gasteiger partial charge is 0.256 e. The lowest BCUT2D eigenvalue weighted by Gasteiger charge is -2.24. The number of carbonyl (C=O) groups is 1. The number of carbonyl (C=O) groups excluding carboxylic acids is 1. The monoisotopic (exact) mass is 384 g/mol. The van der Waals surface area contributed by atoms with E-state index in [1.54, 1.807) is 22.8 Å². The predicted octanol–water partition coefficient (Wildman–Crippen LogP) is 1.53. The number of benzene rings is 1. The predicted molar refractivity (Wildman–Crippen MR) is 102 cm³/mol. The maximum atomic E-state index is 13.8. The van der Waals surface area contributed by atoms with Gasteiger partial charge in [0.1, 0.15) is 29.1 Å². The van der Waals surface area contributed by atoms with Gasteiger partial charge in [0.05, 0.1) is 12.7 Å². The van der Waals surface area contributed by atoms with Crippen LogP contribution in [0.15, 0.2) is 36.7 Å². The fraction of sp³-hybridized carbons (Fsp3) is 0.316. The molecular formula is C19H21FN6O2. The van der Waals surface area contributed by atoms with Gasteiger partial charge in [-0.25, -0.2) is 13.9 Å². The summed E-state index contributed by atoms with van der Waals surface area (Å²) >= 11 is 0. The molecule has 4 rings (SSSR count). The molecular weight excluding hydrogens is 363 g/mol. The van der Waals surface area contributed by atoms with Gasteiger partial charge in [0.25, 0.3) is 5.91 Å². The summed E-state index contributed by atoms with van der Waals surface area (Å²) in [7, 11) is 3.85. The Bertz CT molecular complexity index is 1020. The molecule has 1 aliphatic heterocycles. The Morgan fingerprint density at radius 3 is 3.00 bits per heavy atom. The molecule has 1 aromatic carbocycles. The van der Waals surface area contributed by atoms with Gasteiger partial charge in [-0.1, -0.05) is 0 Å². The number of rotatable bonds is 2. The Balaban J connectivity index is 1.75. The number of hydrogen-bond acceptors (Lipinski definition) is 6. The third-order valence-corrected chi connectivity index (χ3v) is 4.45. The summed E-state index contributed by atoms with van der Waals surface area (Å²) in [6.07, 6.45) is 2.90. The second-order valence-corrected chi connectivity index (χ2v) is 6.96. The molecule has 0 fully saturated rings. The molecule has 28 heavy (non-hydrogen) atoms. The van der Waals surface area contributed by atoms with E-state index in [2.05, 4.69) is 20.7 Å². The molecule has 1 amide bonds. The molecule has 9 heteroatoms. The molecule has 2 bridgehead atoms. The lowest BCUT2D eigenvalue weighted by molar-refractivity contribution is 0.0915. The van der Waals surface area contributed by atoms with Gasteiger partial charge in [-0.2, -0.15) is 5.10 Å². The first kappa shape index (κ1) is 18.2. The van der Waals surface area contributed by atoms with Crippen molar-refractivity contribution in [3.05, 3.63) is 53.6 Å². The molecule has 146 valence electrons. The Hall–Kier alpha value is -3.20. The molecule has 1 atom stereocenters. The van der Waals surface area contributed by atoms with Crippen molar-refractivity contribution in [3.63, 3.8) is 0 Å². The van der Waals surface area contributed by atoms with Crippen molar-refractivity contribution in [3.8, 4) is 5.75 Å². The van der Waals surface area contributed by atoms with E-state index in [1.807, 2.05) is 19.0 Å². The SMILES string of the molecule is CN(C)CC1CNC(=O)c2cnn3ccc(nc23)NCc2cc(F)ccc2O1. The first-order valence-electron chi connectivity index (χ1n) is 8.96. The number of fused-ring (bicyclic) bond motifs is 2. The minimum absolute atomic E-state index is 0.273. The fourth-order valence-corrected chi connectivity index (χ4v) is 3.15. The largest absolute Gasteiger partial charge is 0.487 e. The molecule has 2 aromatic heterocycles. The second kappa shape index (κ2) is 7.43.